The number of nitrogens with one attached hydrogen (secondary N) is 1. The molecule has 0 bridgehead atoms. The van der Waals surface area contributed by atoms with Crippen LogP contribution in [-0.4, -0.2) is 14.3 Å². The summed E-state index contributed by atoms with van der Waals surface area (Å²) in [7, 11) is -3.58. The molecule has 0 saturated carbocycles. The van der Waals surface area contributed by atoms with E-state index in [1.165, 1.54) is 0 Å². The van der Waals surface area contributed by atoms with Crippen molar-refractivity contribution < 1.29 is 13.2 Å². The number of carbonyl (C=O) groups is 1. The Morgan fingerprint density at radius 2 is 1.44 bits per heavy atom. The predicted molar refractivity (Wildman–Crippen MR) is 107 cm³/mol. The van der Waals surface area contributed by atoms with Gasteiger partial charge in [0, 0.05) is 11.3 Å². The van der Waals surface area contributed by atoms with E-state index in [-0.39, 0.29) is 11.7 Å². The van der Waals surface area contributed by atoms with E-state index in [0.717, 1.165) is 11.1 Å². The summed E-state index contributed by atoms with van der Waals surface area (Å²) >= 11 is 0. The van der Waals surface area contributed by atoms with Gasteiger partial charge in [-0.1, -0.05) is 60.7 Å². The SMILES string of the molecule is NS(=O)(=O)Cc1ccc(NC(=O)c2ccccc2Cc2ccccc2)cc1. The topological polar surface area (TPSA) is 89.3 Å². The van der Waals surface area contributed by atoms with E-state index in [9.17, 15) is 13.2 Å². The van der Waals surface area contributed by atoms with Gasteiger partial charge in [0.1, 0.15) is 0 Å². The number of primary sulfonamides is 1. The second kappa shape index (κ2) is 8.16. The quantitative estimate of drug-likeness (QED) is 0.687. The van der Waals surface area contributed by atoms with Crippen LogP contribution in [0.5, 0.6) is 0 Å². The fourth-order valence-corrected chi connectivity index (χ4v) is 3.48. The van der Waals surface area contributed by atoms with Gasteiger partial charge in [-0.3, -0.25) is 4.79 Å². The van der Waals surface area contributed by atoms with E-state index < -0.39 is 10.0 Å². The van der Waals surface area contributed by atoms with Crippen molar-refractivity contribution in [1.82, 2.24) is 0 Å². The highest BCUT2D eigenvalue weighted by atomic mass is 32.2. The molecule has 0 aliphatic carbocycles. The Labute approximate surface area is 158 Å². The summed E-state index contributed by atoms with van der Waals surface area (Å²) in [6.07, 6.45) is 0.664. The van der Waals surface area contributed by atoms with Crippen LogP contribution >= 0.6 is 0 Å². The molecule has 138 valence electrons. The molecule has 1 amide bonds. The van der Waals surface area contributed by atoms with Crippen LogP contribution in [0.3, 0.4) is 0 Å². The molecule has 0 unspecified atom stereocenters. The van der Waals surface area contributed by atoms with Crippen LogP contribution in [0.15, 0.2) is 78.9 Å². The molecular formula is C21H20N2O3S. The van der Waals surface area contributed by atoms with Gasteiger partial charge in [-0.25, -0.2) is 13.6 Å². The summed E-state index contributed by atoms with van der Waals surface area (Å²) in [5.41, 5.74) is 3.83. The number of hydrogen-bond acceptors (Lipinski definition) is 3. The smallest absolute Gasteiger partial charge is 0.255 e. The number of hydrogen-bond donors (Lipinski definition) is 2. The monoisotopic (exact) mass is 380 g/mol. The predicted octanol–water partition coefficient (Wildman–Crippen LogP) is 3.32. The van der Waals surface area contributed by atoms with Gasteiger partial charge in [0.15, 0.2) is 0 Å². The first-order chi connectivity index (χ1) is 12.9. The molecule has 0 heterocycles. The van der Waals surface area contributed by atoms with Crippen LogP contribution < -0.4 is 10.5 Å². The van der Waals surface area contributed by atoms with Crippen molar-refractivity contribution in [2.24, 2.45) is 5.14 Å². The van der Waals surface area contributed by atoms with Crippen molar-refractivity contribution in [3.8, 4) is 0 Å². The lowest BCUT2D eigenvalue weighted by molar-refractivity contribution is 0.102. The van der Waals surface area contributed by atoms with Crippen LogP contribution in [0.1, 0.15) is 27.0 Å². The van der Waals surface area contributed by atoms with Gasteiger partial charge in [0.05, 0.1) is 5.75 Å². The maximum absolute atomic E-state index is 12.7. The molecular weight excluding hydrogens is 360 g/mol. The molecule has 3 aromatic carbocycles. The van der Waals surface area contributed by atoms with Crippen LogP contribution in [0.25, 0.3) is 0 Å². The van der Waals surface area contributed by atoms with Gasteiger partial charge in [-0.2, -0.15) is 0 Å². The molecule has 0 aliphatic rings. The van der Waals surface area contributed by atoms with Gasteiger partial charge in [-0.15, -0.1) is 0 Å². The second-order valence-corrected chi connectivity index (χ2v) is 7.89. The molecule has 27 heavy (non-hydrogen) atoms. The lowest BCUT2D eigenvalue weighted by Crippen LogP contribution is -2.15. The molecule has 0 aliphatic heterocycles. The lowest BCUT2D eigenvalue weighted by atomic mass is 9.99. The van der Waals surface area contributed by atoms with Crippen molar-refractivity contribution in [2.45, 2.75) is 12.2 Å². The minimum absolute atomic E-state index is 0.208. The first kappa shape index (κ1) is 18.8. The Hall–Kier alpha value is -2.96. The molecule has 0 atom stereocenters. The van der Waals surface area contributed by atoms with E-state index in [4.69, 9.17) is 5.14 Å². The fourth-order valence-electron chi connectivity index (χ4n) is 2.83. The average Bonchev–Trinajstić information content (AvgIpc) is 2.63. The largest absolute Gasteiger partial charge is 0.322 e. The minimum Gasteiger partial charge on any atom is -0.322 e. The third kappa shape index (κ3) is 5.51. The summed E-state index contributed by atoms with van der Waals surface area (Å²) in [5, 5.41) is 7.90. The number of nitrogens with two attached hydrogens (primary N) is 1. The third-order valence-corrected chi connectivity index (χ3v) is 4.81. The minimum atomic E-state index is -3.58. The average molecular weight is 380 g/mol. The highest BCUT2D eigenvalue weighted by Crippen LogP contribution is 2.17. The maximum atomic E-state index is 12.7. The highest BCUT2D eigenvalue weighted by Gasteiger charge is 2.12. The van der Waals surface area contributed by atoms with E-state index in [1.54, 1.807) is 30.3 Å². The van der Waals surface area contributed by atoms with Gasteiger partial charge in [-0.05, 0) is 41.3 Å². The number of amides is 1. The van der Waals surface area contributed by atoms with Crippen LogP contribution in [0, 0.1) is 0 Å². The van der Waals surface area contributed by atoms with E-state index in [0.29, 0.717) is 23.2 Å². The van der Waals surface area contributed by atoms with Crippen molar-refractivity contribution in [3.63, 3.8) is 0 Å². The fraction of sp³-hybridized carbons (Fsp3) is 0.0952. The molecule has 0 radical (unpaired) electrons. The zero-order valence-electron chi connectivity index (χ0n) is 14.6. The molecule has 0 aromatic heterocycles. The summed E-state index contributed by atoms with van der Waals surface area (Å²) in [6.45, 7) is 0. The van der Waals surface area contributed by atoms with E-state index in [2.05, 4.69) is 5.32 Å². The third-order valence-electron chi connectivity index (χ3n) is 4.08. The van der Waals surface area contributed by atoms with Crippen molar-refractivity contribution >= 4 is 21.6 Å². The van der Waals surface area contributed by atoms with Crippen LogP contribution in [0.4, 0.5) is 5.69 Å². The second-order valence-electron chi connectivity index (χ2n) is 6.28. The Morgan fingerprint density at radius 3 is 2.11 bits per heavy atom. The summed E-state index contributed by atoms with van der Waals surface area (Å²) in [5.74, 6) is -0.443. The first-order valence-corrected chi connectivity index (χ1v) is 10.1. The van der Waals surface area contributed by atoms with Gasteiger partial charge < -0.3 is 5.32 Å². The Kier molecular flexibility index (Phi) is 5.69. The van der Waals surface area contributed by atoms with Crippen LogP contribution in [-0.2, 0) is 22.2 Å². The van der Waals surface area contributed by atoms with Crippen molar-refractivity contribution in [1.29, 1.82) is 0 Å². The normalized spacial score (nSPS) is 11.1. The highest BCUT2D eigenvalue weighted by molar-refractivity contribution is 7.88. The molecule has 3 aromatic rings. The first-order valence-electron chi connectivity index (χ1n) is 8.43. The molecule has 0 spiro atoms. The molecule has 6 heteroatoms. The zero-order valence-corrected chi connectivity index (χ0v) is 15.4. The summed E-state index contributed by atoms with van der Waals surface area (Å²) in [6, 6.07) is 24.0. The van der Waals surface area contributed by atoms with Gasteiger partial charge in [0.25, 0.3) is 5.91 Å². The number of carbonyl (C=O) groups excluding carboxylic acids is 1. The Balaban J connectivity index is 1.75. The molecule has 3 N–H and O–H groups in total. The lowest BCUT2D eigenvalue weighted by Gasteiger charge is -2.11. The maximum Gasteiger partial charge on any atom is 0.255 e. The van der Waals surface area contributed by atoms with Gasteiger partial charge in [0.2, 0.25) is 10.0 Å². The summed E-state index contributed by atoms with van der Waals surface area (Å²) < 4.78 is 22.3. The van der Waals surface area contributed by atoms with E-state index in [1.807, 2.05) is 48.5 Å². The van der Waals surface area contributed by atoms with Crippen molar-refractivity contribution in [3.05, 3.63) is 101 Å². The van der Waals surface area contributed by atoms with Gasteiger partial charge >= 0.3 is 0 Å². The molecule has 3 rings (SSSR count). The van der Waals surface area contributed by atoms with Crippen LogP contribution in [0.2, 0.25) is 0 Å². The molecule has 0 fully saturated rings. The Bertz CT molecular complexity index is 1030. The number of rotatable bonds is 6. The number of sulfonamides is 1. The van der Waals surface area contributed by atoms with Crippen molar-refractivity contribution in [2.75, 3.05) is 5.32 Å². The zero-order chi connectivity index (χ0) is 19.3. The summed E-state index contributed by atoms with van der Waals surface area (Å²) in [4.78, 5) is 12.7. The molecule has 0 saturated heterocycles. The Morgan fingerprint density at radius 1 is 0.815 bits per heavy atom. The number of benzene rings is 3. The number of anilines is 1. The molecule has 5 nitrogen and oxygen atoms in total. The standard InChI is InChI=1S/C21H20N2O3S/c22-27(25,26)15-17-10-12-19(13-11-17)23-21(24)20-9-5-4-8-18(20)14-16-6-2-1-3-7-16/h1-13H,14-15H2,(H,23,24)(H2,22,25,26). The van der Waals surface area contributed by atoms with E-state index >= 15 is 0 Å².